The van der Waals surface area contributed by atoms with Crippen LogP contribution in [0.2, 0.25) is 5.02 Å². The fraction of sp³-hybridized carbons (Fsp3) is 0. The van der Waals surface area contributed by atoms with Crippen molar-refractivity contribution in [3.8, 4) is 17.3 Å². The van der Waals surface area contributed by atoms with Gasteiger partial charge in [-0.05, 0) is 23.8 Å². The molecule has 0 fully saturated rings. The number of rotatable bonds is 3. The summed E-state index contributed by atoms with van der Waals surface area (Å²) in [6, 6.07) is 19.5. The lowest BCUT2D eigenvalue weighted by Gasteiger charge is -1.97. The standard InChI is InChI=1S/C18H11ClN2S/c19-16-8-6-13(7-9-16)10-15(11-20)18-21-17(12-22-18)14-4-2-1-3-5-14/h1-10,12H/b15-10+. The molecule has 1 aromatic heterocycles. The number of allylic oxidation sites excluding steroid dienone is 1. The van der Waals surface area contributed by atoms with Crippen molar-refractivity contribution in [3.05, 3.63) is 75.6 Å². The average molecular weight is 323 g/mol. The van der Waals surface area contributed by atoms with E-state index < -0.39 is 0 Å². The molecule has 22 heavy (non-hydrogen) atoms. The van der Waals surface area contributed by atoms with Crippen LogP contribution in [-0.2, 0) is 0 Å². The molecular weight excluding hydrogens is 312 g/mol. The molecule has 0 aliphatic rings. The van der Waals surface area contributed by atoms with Crippen molar-refractivity contribution in [1.82, 2.24) is 4.98 Å². The fourth-order valence-corrected chi connectivity index (χ4v) is 2.93. The molecule has 0 spiro atoms. The van der Waals surface area contributed by atoms with Gasteiger partial charge >= 0.3 is 0 Å². The van der Waals surface area contributed by atoms with Crippen molar-refractivity contribution < 1.29 is 0 Å². The van der Waals surface area contributed by atoms with Gasteiger partial charge in [-0.15, -0.1) is 11.3 Å². The largest absolute Gasteiger partial charge is 0.235 e. The number of nitriles is 1. The molecule has 106 valence electrons. The maximum atomic E-state index is 9.40. The van der Waals surface area contributed by atoms with E-state index in [9.17, 15) is 5.26 Å². The third-order valence-corrected chi connectivity index (χ3v) is 4.23. The number of nitrogens with zero attached hydrogens (tertiary/aromatic N) is 2. The molecule has 0 aliphatic heterocycles. The zero-order valence-corrected chi connectivity index (χ0v) is 13.1. The lowest BCUT2D eigenvalue weighted by molar-refractivity contribution is 1.37. The van der Waals surface area contributed by atoms with Crippen molar-refractivity contribution >= 4 is 34.6 Å². The normalized spacial score (nSPS) is 11.2. The molecular formula is C18H11ClN2S. The fourth-order valence-electron chi connectivity index (χ4n) is 2.01. The van der Waals surface area contributed by atoms with E-state index in [2.05, 4.69) is 11.1 Å². The first-order valence-electron chi connectivity index (χ1n) is 6.65. The van der Waals surface area contributed by atoms with Gasteiger partial charge in [0.1, 0.15) is 11.1 Å². The number of benzene rings is 2. The second-order valence-corrected chi connectivity index (χ2v) is 5.92. The van der Waals surface area contributed by atoms with Crippen LogP contribution in [0.5, 0.6) is 0 Å². The molecule has 2 aromatic carbocycles. The monoisotopic (exact) mass is 322 g/mol. The predicted octanol–water partition coefficient (Wildman–Crippen LogP) is 5.53. The van der Waals surface area contributed by atoms with Gasteiger partial charge in [-0.25, -0.2) is 4.98 Å². The summed E-state index contributed by atoms with van der Waals surface area (Å²) in [5.74, 6) is 0. The van der Waals surface area contributed by atoms with Crippen molar-refractivity contribution in [2.24, 2.45) is 0 Å². The first kappa shape index (κ1) is 14.5. The summed E-state index contributed by atoms with van der Waals surface area (Å²) in [6.07, 6.45) is 1.82. The first-order chi connectivity index (χ1) is 10.8. The minimum Gasteiger partial charge on any atom is -0.235 e. The Kier molecular flexibility index (Phi) is 4.34. The maximum absolute atomic E-state index is 9.40. The van der Waals surface area contributed by atoms with Gasteiger partial charge in [0.2, 0.25) is 0 Å². The van der Waals surface area contributed by atoms with Gasteiger partial charge in [0.15, 0.2) is 0 Å². The Morgan fingerprint density at radius 1 is 1.09 bits per heavy atom. The van der Waals surface area contributed by atoms with Gasteiger partial charge in [-0.1, -0.05) is 54.1 Å². The highest BCUT2D eigenvalue weighted by atomic mass is 35.5. The Bertz CT molecular complexity index is 843. The number of hydrogen-bond acceptors (Lipinski definition) is 3. The van der Waals surface area contributed by atoms with Crippen LogP contribution in [0.3, 0.4) is 0 Å². The highest BCUT2D eigenvalue weighted by Crippen LogP contribution is 2.27. The zero-order chi connectivity index (χ0) is 15.4. The van der Waals surface area contributed by atoms with Crippen molar-refractivity contribution in [2.45, 2.75) is 0 Å². The molecule has 0 radical (unpaired) electrons. The quantitative estimate of drug-likeness (QED) is 0.595. The molecule has 0 atom stereocenters. The summed E-state index contributed by atoms with van der Waals surface area (Å²) < 4.78 is 0. The Morgan fingerprint density at radius 2 is 1.82 bits per heavy atom. The van der Waals surface area contributed by atoms with E-state index in [1.54, 1.807) is 12.1 Å². The summed E-state index contributed by atoms with van der Waals surface area (Å²) >= 11 is 7.35. The van der Waals surface area contributed by atoms with E-state index in [0.29, 0.717) is 10.6 Å². The van der Waals surface area contributed by atoms with Crippen molar-refractivity contribution in [1.29, 1.82) is 5.26 Å². The molecule has 0 saturated carbocycles. The molecule has 0 aliphatic carbocycles. The summed E-state index contributed by atoms with van der Waals surface area (Å²) in [5, 5.41) is 12.8. The average Bonchev–Trinajstić information content (AvgIpc) is 3.05. The molecule has 0 N–H and O–H groups in total. The number of thiazole rings is 1. The molecule has 0 saturated heterocycles. The molecule has 0 bridgehead atoms. The second kappa shape index (κ2) is 6.57. The number of hydrogen-bond donors (Lipinski definition) is 0. The highest BCUT2D eigenvalue weighted by molar-refractivity contribution is 7.11. The molecule has 0 amide bonds. The molecule has 0 unspecified atom stereocenters. The van der Waals surface area contributed by atoms with Crippen LogP contribution in [0, 0.1) is 11.3 Å². The van der Waals surface area contributed by atoms with Gasteiger partial charge in [0.05, 0.1) is 11.3 Å². The van der Waals surface area contributed by atoms with Gasteiger partial charge in [0, 0.05) is 16.0 Å². The van der Waals surface area contributed by atoms with Gasteiger partial charge < -0.3 is 0 Å². The lowest BCUT2D eigenvalue weighted by atomic mass is 10.1. The predicted molar refractivity (Wildman–Crippen MR) is 92.5 cm³/mol. The molecule has 1 heterocycles. The maximum Gasteiger partial charge on any atom is 0.134 e. The zero-order valence-electron chi connectivity index (χ0n) is 11.5. The Labute approximate surface area is 138 Å². The number of halogens is 1. The van der Waals surface area contributed by atoms with Gasteiger partial charge in [0.25, 0.3) is 0 Å². The summed E-state index contributed by atoms with van der Waals surface area (Å²) in [4.78, 5) is 4.57. The van der Waals surface area contributed by atoms with Gasteiger partial charge in [-0.2, -0.15) is 5.26 Å². The third-order valence-electron chi connectivity index (χ3n) is 3.11. The van der Waals surface area contributed by atoms with E-state index in [-0.39, 0.29) is 0 Å². The van der Waals surface area contributed by atoms with Crippen LogP contribution in [0.15, 0.2) is 60.0 Å². The van der Waals surface area contributed by atoms with E-state index in [1.807, 2.05) is 53.9 Å². The topological polar surface area (TPSA) is 36.7 Å². The highest BCUT2D eigenvalue weighted by Gasteiger charge is 2.08. The molecule has 2 nitrogen and oxygen atoms in total. The van der Waals surface area contributed by atoms with Crippen LogP contribution in [0.4, 0.5) is 0 Å². The lowest BCUT2D eigenvalue weighted by Crippen LogP contribution is -1.82. The smallest absolute Gasteiger partial charge is 0.134 e. The van der Waals surface area contributed by atoms with Crippen LogP contribution >= 0.6 is 22.9 Å². The summed E-state index contributed by atoms with van der Waals surface area (Å²) in [7, 11) is 0. The van der Waals surface area contributed by atoms with E-state index in [1.165, 1.54) is 11.3 Å². The SMILES string of the molecule is N#C/C(=C\c1ccc(Cl)cc1)c1nc(-c2ccccc2)cs1. The Balaban J connectivity index is 1.94. The third kappa shape index (κ3) is 3.25. The Hall–Kier alpha value is -2.41. The summed E-state index contributed by atoms with van der Waals surface area (Å²) in [5.41, 5.74) is 3.42. The Morgan fingerprint density at radius 3 is 2.50 bits per heavy atom. The first-order valence-corrected chi connectivity index (χ1v) is 7.91. The minimum atomic E-state index is 0.550. The van der Waals surface area contributed by atoms with Crippen molar-refractivity contribution in [2.75, 3.05) is 0 Å². The van der Waals surface area contributed by atoms with E-state index in [0.717, 1.165) is 21.8 Å². The van der Waals surface area contributed by atoms with Crippen LogP contribution in [0.1, 0.15) is 10.6 Å². The molecule has 3 rings (SSSR count). The number of aromatic nitrogens is 1. The van der Waals surface area contributed by atoms with Crippen molar-refractivity contribution in [3.63, 3.8) is 0 Å². The minimum absolute atomic E-state index is 0.550. The second-order valence-electron chi connectivity index (χ2n) is 4.63. The van der Waals surface area contributed by atoms with Crippen LogP contribution in [0.25, 0.3) is 22.9 Å². The van der Waals surface area contributed by atoms with E-state index in [4.69, 9.17) is 11.6 Å². The van der Waals surface area contributed by atoms with Gasteiger partial charge in [-0.3, -0.25) is 0 Å². The molecule has 4 heteroatoms. The summed E-state index contributed by atoms with van der Waals surface area (Å²) in [6.45, 7) is 0. The molecule has 3 aromatic rings. The van der Waals surface area contributed by atoms with Crippen LogP contribution < -0.4 is 0 Å². The van der Waals surface area contributed by atoms with Crippen LogP contribution in [-0.4, -0.2) is 4.98 Å². The van der Waals surface area contributed by atoms with E-state index >= 15 is 0 Å².